The number of fused-ring (bicyclic) bond motifs is 6. The molecule has 10 heteroatoms. The van der Waals surface area contributed by atoms with Crippen LogP contribution in [0, 0.1) is 0 Å². The first-order chi connectivity index (χ1) is 19.5. The molecule has 186 valence electrons. The van der Waals surface area contributed by atoms with Crippen molar-refractivity contribution in [3.63, 3.8) is 0 Å². The molecule has 4 aromatic carbocycles. The van der Waals surface area contributed by atoms with Gasteiger partial charge in [-0.2, -0.15) is 0 Å². The molecule has 6 rings (SSSR count). The molecule has 2 aromatic heterocycles. The van der Waals surface area contributed by atoms with E-state index in [0.717, 1.165) is 38.8 Å². The van der Waals surface area contributed by atoms with Gasteiger partial charge in [0.2, 0.25) is 0 Å². The van der Waals surface area contributed by atoms with Gasteiger partial charge >= 0.3 is 0 Å². The van der Waals surface area contributed by atoms with Crippen LogP contribution in [0.25, 0.3) is 49.4 Å². The standard InChI is InChI=1S/C32H23B8NO/c1-31(2,3)15-9-7-8-13-14-10-12(11-16(32(4,5)6)30(14)42-29(13)15)41-27-17(19(33)21(35)23(37)25(27)39)18-20(34)22(36)24(38)26(40)28(18)41/h7-11H,1-6H3. The molecule has 0 spiro atoms. The number of hydrogen-bond acceptors (Lipinski definition) is 1. The topological polar surface area (TPSA) is 18.1 Å². The number of benzene rings is 4. The zero-order chi connectivity index (χ0) is 30.8. The minimum atomic E-state index is -0.301. The molecule has 0 unspecified atom stereocenters. The number of hydrogen-bond donors (Lipinski definition) is 0. The largest absolute Gasteiger partial charge is 0.455 e. The Kier molecular flexibility index (Phi) is 6.41. The lowest BCUT2D eigenvalue weighted by atomic mass is 9.63. The van der Waals surface area contributed by atoms with Crippen LogP contribution in [0.3, 0.4) is 0 Å². The number of furan rings is 1. The Bertz CT molecular complexity index is 2060. The average Bonchev–Trinajstić information content (AvgIpc) is 3.47. The summed E-state index contributed by atoms with van der Waals surface area (Å²) in [5.41, 5.74) is 6.74. The second-order valence-electron chi connectivity index (χ2n) is 13.2. The Morgan fingerprint density at radius 2 is 0.976 bits per heavy atom. The van der Waals surface area contributed by atoms with E-state index in [2.05, 4.69) is 71.9 Å². The third-order valence-electron chi connectivity index (χ3n) is 8.42. The number of nitrogens with zero attached hydrogens (tertiary/aromatic N) is 1. The van der Waals surface area contributed by atoms with Gasteiger partial charge in [-0.15, -0.1) is 21.9 Å². The Morgan fingerprint density at radius 1 is 0.524 bits per heavy atom. The maximum atomic E-state index is 6.70. The van der Waals surface area contributed by atoms with E-state index in [9.17, 15) is 0 Å². The third-order valence-corrected chi connectivity index (χ3v) is 8.42. The highest BCUT2D eigenvalue weighted by Crippen LogP contribution is 2.42. The van der Waals surface area contributed by atoms with Crippen LogP contribution in [0.2, 0.25) is 0 Å². The predicted molar refractivity (Wildman–Crippen MR) is 189 cm³/mol. The molecule has 0 aliphatic carbocycles. The predicted octanol–water partition coefficient (Wildman–Crippen LogP) is -0.371. The molecule has 2 heterocycles. The molecule has 0 aliphatic rings. The first-order valence-corrected chi connectivity index (χ1v) is 13.8. The number of para-hydroxylation sites is 1. The van der Waals surface area contributed by atoms with Crippen LogP contribution >= 0.6 is 0 Å². The molecule has 6 aromatic rings. The number of rotatable bonds is 1. The molecule has 0 atom stereocenters. The third kappa shape index (κ3) is 3.89. The summed E-state index contributed by atoms with van der Waals surface area (Å²) in [4.78, 5) is 0. The smallest absolute Gasteiger partial charge is 0.139 e. The molecule has 16 radical (unpaired) electrons. The first-order valence-electron chi connectivity index (χ1n) is 13.8. The molecule has 0 N–H and O–H groups in total. The molecule has 0 fully saturated rings. The summed E-state index contributed by atoms with van der Waals surface area (Å²) >= 11 is 0. The highest BCUT2D eigenvalue weighted by Gasteiger charge is 2.28. The van der Waals surface area contributed by atoms with E-state index in [1.54, 1.807) is 0 Å². The van der Waals surface area contributed by atoms with Gasteiger partial charge in [0.25, 0.3) is 0 Å². The summed E-state index contributed by atoms with van der Waals surface area (Å²) in [5, 5.41) is 2.96. The molecule has 0 saturated carbocycles. The van der Waals surface area contributed by atoms with Crippen molar-refractivity contribution in [2.24, 2.45) is 0 Å². The fraction of sp³-hybridized carbons (Fsp3) is 0.250. The monoisotopic (exact) mass is 525 g/mol. The minimum Gasteiger partial charge on any atom is -0.455 e. The zero-order valence-corrected chi connectivity index (χ0v) is 24.9. The van der Waals surface area contributed by atoms with Crippen LogP contribution < -0.4 is 43.7 Å². The highest BCUT2D eigenvalue weighted by molar-refractivity contribution is 6.71. The SMILES string of the molecule is [B]c1c([B])c([B])c2c(c1[B])c1c([B])c([B])c([B])c([B])c1n2-c1cc(C(C)(C)C)c2oc3c(C(C)(C)C)cccc3c2c1. The number of aromatic nitrogens is 1. The van der Waals surface area contributed by atoms with Gasteiger partial charge in [0.15, 0.2) is 0 Å². The maximum Gasteiger partial charge on any atom is 0.139 e. The van der Waals surface area contributed by atoms with Crippen LogP contribution in [0.15, 0.2) is 34.7 Å². The van der Waals surface area contributed by atoms with Crippen molar-refractivity contribution in [2.45, 2.75) is 52.4 Å². The van der Waals surface area contributed by atoms with Crippen molar-refractivity contribution >= 4 is 150 Å². The van der Waals surface area contributed by atoms with Gasteiger partial charge in [-0.1, -0.05) is 81.6 Å². The first kappa shape index (κ1) is 29.1. The van der Waals surface area contributed by atoms with E-state index in [4.69, 9.17) is 67.2 Å². The summed E-state index contributed by atoms with van der Waals surface area (Å²) in [6.45, 7) is 13.0. The van der Waals surface area contributed by atoms with Crippen molar-refractivity contribution in [2.75, 3.05) is 0 Å². The molecule has 42 heavy (non-hydrogen) atoms. The van der Waals surface area contributed by atoms with Crippen LogP contribution in [0.4, 0.5) is 0 Å². The summed E-state index contributed by atoms with van der Waals surface area (Å²) in [5.74, 6) is 0. The molecule has 0 bridgehead atoms. The summed E-state index contributed by atoms with van der Waals surface area (Å²) < 4.78 is 8.61. The maximum absolute atomic E-state index is 6.70. The fourth-order valence-corrected chi connectivity index (χ4v) is 6.13. The van der Waals surface area contributed by atoms with Gasteiger partial charge in [0, 0.05) is 38.6 Å². The second kappa shape index (κ2) is 9.25. The van der Waals surface area contributed by atoms with E-state index >= 15 is 0 Å². The Hall–Kier alpha value is -3.00. The normalized spacial score (nSPS) is 12.8. The lowest BCUT2D eigenvalue weighted by Crippen LogP contribution is -2.49. The molecular formula is C32H23B8NO. The minimum absolute atomic E-state index is 0.127. The van der Waals surface area contributed by atoms with Crippen LogP contribution in [-0.2, 0) is 10.8 Å². The zero-order valence-electron chi connectivity index (χ0n) is 24.9. The van der Waals surface area contributed by atoms with E-state index in [0.29, 0.717) is 21.8 Å². The lowest BCUT2D eigenvalue weighted by Gasteiger charge is -2.22. The van der Waals surface area contributed by atoms with Crippen molar-refractivity contribution < 1.29 is 4.42 Å². The van der Waals surface area contributed by atoms with Crippen molar-refractivity contribution in [3.8, 4) is 5.69 Å². The van der Waals surface area contributed by atoms with Crippen LogP contribution in [-0.4, -0.2) is 67.3 Å². The fourth-order valence-electron chi connectivity index (χ4n) is 6.13. The molecule has 0 saturated heterocycles. The quantitative estimate of drug-likeness (QED) is 0.269. The van der Waals surface area contributed by atoms with Crippen molar-refractivity contribution in [1.82, 2.24) is 4.57 Å². The molecule has 0 amide bonds. The lowest BCUT2D eigenvalue weighted by molar-refractivity contribution is 0.556. The summed E-state index contributed by atoms with van der Waals surface area (Å²) in [6.07, 6.45) is 0. The summed E-state index contributed by atoms with van der Waals surface area (Å²) in [7, 11) is 52.0. The van der Waals surface area contributed by atoms with E-state index in [1.807, 2.05) is 4.57 Å². The van der Waals surface area contributed by atoms with E-state index < -0.39 is 0 Å². The Morgan fingerprint density at radius 3 is 1.45 bits per heavy atom. The van der Waals surface area contributed by atoms with E-state index in [1.165, 1.54) is 0 Å². The van der Waals surface area contributed by atoms with Gasteiger partial charge in [0.05, 0.1) is 0 Å². The Balaban J connectivity index is 1.91. The molecule has 2 nitrogen and oxygen atoms in total. The molecule has 0 aliphatic heterocycles. The Labute approximate surface area is 258 Å². The van der Waals surface area contributed by atoms with Gasteiger partial charge in [-0.25, -0.2) is 0 Å². The van der Waals surface area contributed by atoms with Gasteiger partial charge in [0.1, 0.15) is 73.9 Å². The van der Waals surface area contributed by atoms with Gasteiger partial charge < -0.3 is 8.98 Å². The second-order valence-corrected chi connectivity index (χ2v) is 13.2. The van der Waals surface area contributed by atoms with E-state index in [-0.39, 0.29) is 54.5 Å². The average molecular weight is 524 g/mol. The van der Waals surface area contributed by atoms with Crippen LogP contribution in [0.5, 0.6) is 0 Å². The highest BCUT2D eigenvalue weighted by atomic mass is 16.3. The van der Waals surface area contributed by atoms with Gasteiger partial charge in [-0.3, -0.25) is 0 Å². The van der Waals surface area contributed by atoms with Crippen LogP contribution in [0.1, 0.15) is 52.7 Å². The van der Waals surface area contributed by atoms with Crippen molar-refractivity contribution in [1.29, 1.82) is 0 Å². The molecular weight excluding hydrogens is 501 g/mol. The summed E-state index contributed by atoms with van der Waals surface area (Å²) in [6, 6.07) is 10.4. The van der Waals surface area contributed by atoms with Gasteiger partial charge in [-0.05, 0) is 33.7 Å². The van der Waals surface area contributed by atoms with Crippen molar-refractivity contribution in [3.05, 3.63) is 41.5 Å².